The van der Waals surface area contributed by atoms with Crippen molar-refractivity contribution in [3.8, 4) is 0 Å². The fourth-order valence-electron chi connectivity index (χ4n) is 1.19. The molecule has 0 fully saturated rings. The molecule has 0 unspecified atom stereocenters. The van der Waals surface area contributed by atoms with Gasteiger partial charge in [-0.3, -0.25) is 0 Å². The lowest BCUT2D eigenvalue weighted by molar-refractivity contribution is -0.00695. The zero-order valence-corrected chi connectivity index (χ0v) is 13.2. The molecule has 108 valence electrons. The van der Waals surface area contributed by atoms with E-state index in [0.29, 0.717) is 19.8 Å². The normalized spacial score (nSPS) is 12.3. The van der Waals surface area contributed by atoms with Gasteiger partial charge in [0.15, 0.2) is 0 Å². The molecule has 0 heterocycles. The Kier molecular flexibility index (Phi) is 7.45. The molecule has 0 atom stereocenters. The van der Waals surface area contributed by atoms with Crippen molar-refractivity contribution in [2.24, 2.45) is 0 Å². The largest absolute Gasteiger partial charge is 0.752 e. The van der Waals surface area contributed by atoms with Gasteiger partial charge in [-0.2, -0.15) is 0 Å². The predicted octanol–water partition coefficient (Wildman–Crippen LogP) is 2.06. The van der Waals surface area contributed by atoms with E-state index in [1.165, 1.54) is 0 Å². The van der Waals surface area contributed by atoms with Gasteiger partial charge in [-0.25, -0.2) is 4.79 Å². The van der Waals surface area contributed by atoms with Crippen molar-refractivity contribution in [3.63, 3.8) is 0 Å². The van der Waals surface area contributed by atoms with Crippen LogP contribution in [0.15, 0.2) is 0 Å². The van der Waals surface area contributed by atoms with Gasteiger partial charge in [0.2, 0.25) is 0 Å². The summed E-state index contributed by atoms with van der Waals surface area (Å²) in [6.45, 7) is 12.0. The summed E-state index contributed by atoms with van der Waals surface area (Å²) in [6, 6.07) is 0. The van der Waals surface area contributed by atoms with E-state index in [-0.39, 0.29) is 5.54 Å². The van der Waals surface area contributed by atoms with Crippen molar-refractivity contribution in [2.75, 3.05) is 19.8 Å². The van der Waals surface area contributed by atoms with E-state index < -0.39 is 15.1 Å². The first-order chi connectivity index (χ1) is 8.28. The Hall–Kier alpha value is -0.633. The fraction of sp³-hybridized carbons (Fsp3) is 0.909. The first-order valence-corrected chi connectivity index (χ1v) is 7.85. The molecule has 0 aliphatic carbocycles. The van der Waals surface area contributed by atoms with Crippen LogP contribution in [0.2, 0.25) is 0 Å². The average Bonchev–Trinajstić information content (AvgIpc) is 2.15. The van der Waals surface area contributed by atoms with E-state index >= 15 is 0 Å². The highest BCUT2D eigenvalue weighted by atomic mass is 28.4. The van der Waals surface area contributed by atoms with Crippen molar-refractivity contribution < 1.29 is 22.5 Å². The van der Waals surface area contributed by atoms with Gasteiger partial charge in [0.1, 0.15) is 0 Å². The van der Waals surface area contributed by atoms with Gasteiger partial charge in [0.05, 0.1) is 0 Å². The minimum absolute atomic E-state index is 0.356. The molecule has 0 aliphatic heterocycles. The van der Waals surface area contributed by atoms with Crippen LogP contribution in [0, 0.1) is 0 Å². The number of hydrogen-bond donors (Lipinski definition) is 1. The lowest BCUT2D eigenvalue weighted by atomic mass is 10.1. The summed E-state index contributed by atoms with van der Waals surface area (Å²) in [4.78, 5) is 11.8. The fourth-order valence-corrected chi connectivity index (χ4v) is 2.95. The highest BCUT2D eigenvalue weighted by molar-refractivity contribution is 6.55. The van der Waals surface area contributed by atoms with E-state index in [0.717, 1.165) is 0 Å². The minimum atomic E-state index is -3.37. The second-order valence-corrected chi connectivity index (χ2v) is 6.63. The maximum Gasteiger partial charge on any atom is 0.752 e. The SMILES string of the molecule is CCO[Si](OCC)(OCC)OC(=O)NC(C)(C)C. The molecule has 18 heavy (non-hydrogen) atoms. The van der Waals surface area contributed by atoms with Crippen LogP contribution >= 0.6 is 0 Å². The standard InChI is InChI=1S/C11H25NO5Si/c1-7-14-18(15-8-2,16-9-3)17-10(13)12-11(4,5)6/h7-9H2,1-6H3,(H,12,13). The molecule has 6 nitrogen and oxygen atoms in total. The van der Waals surface area contributed by atoms with E-state index in [9.17, 15) is 4.79 Å². The Bertz CT molecular complexity index is 237. The van der Waals surface area contributed by atoms with Crippen LogP contribution in [-0.4, -0.2) is 40.5 Å². The van der Waals surface area contributed by atoms with E-state index in [2.05, 4.69) is 5.32 Å². The quantitative estimate of drug-likeness (QED) is 0.723. The van der Waals surface area contributed by atoms with E-state index in [1.54, 1.807) is 20.8 Å². The highest BCUT2D eigenvalue weighted by Gasteiger charge is 2.49. The van der Waals surface area contributed by atoms with Crippen molar-refractivity contribution in [1.29, 1.82) is 0 Å². The van der Waals surface area contributed by atoms with Crippen LogP contribution in [0.25, 0.3) is 0 Å². The molecule has 0 rings (SSSR count). The molecule has 0 aliphatic rings. The van der Waals surface area contributed by atoms with Gasteiger partial charge in [0, 0.05) is 25.4 Å². The second kappa shape index (κ2) is 7.73. The maximum absolute atomic E-state index is 11.8. The Morgan fingerprint density at radius 2 is 1.39 bits per heavy atom. The first kappa shape index (κ1) is 17.4. The minimum Gasteiger partial charge on any atom is -0.435 e. The van der Waals surface area contributed by atoms with Gasteiger partial charge in [-0.15, -0.1) is 0 Å². The molecule has 0 aromatic carbocycles. The summed E-state index contributed by atoms with van der Waals surface area (Å²) in [5.74, 6) is 0. The van der Waals surface area contributed by atoms with Crippen LogP contribution in [0.4, 0.5) is 4.79 Å². The molecule has 0 saturated carbocycles. The molecular weight excluding hydrogens is 254 g/mol. The van der Waals surface area contributed by atoms with Crippen molar-refractivity contribution in [2.45, 2.75) is 47.1 Å². The number of carbonyl (C=O) groups is 1. The predicted molar refractivity (Wildman–Crippen MR) is 70.0 cm³/mol. The van der Waals surface area contributed by atoms with Gasteiger partial charge in [-0.1, -0.05) is 0 Å². The molecule has 0 aromatic rings. The number of nitrogens with one attached hydrogen (secondary N) is 1. The summed E-state index contributed by atoms with van der Waals surface area (Å²) in [6.07, 6.45) is -0.593. The third-order valence-electron chi connectivity index (χ3n) is 1.66. The molecule has 0 aromatic heterocycles. The number of hydrogen-bond acceptors (Lipinski definition) is 5. The molecule has 1 N–H and O–H groups in total. The van der Waals surface area contributed by atoms with Crippen LogP contribution in [0.5, 0.6) is 0 Å². The molecule has 7 heteroatoms. The summed E-state index contributed by atoms with van der Waals surface area (Å²) >= 11 is 0. The summed E-state index contributed by atoms with van der Waals surface area (Å²) < 4.78 is 21.5. The lowest BCUT2D eigenvalue weighted by Gasteiger charge is -2.28. The Morgan fingerprint density at radius 3 is 1.67 bits per heavy atom. The highest BCUT2D eigenvalue weighted by Crippen LogP contribution is 2.13. The third-order valence-corrected chi connectivity index (χ3v) is 4.02. The average molecular weight is 279 g/mol. The van der Waals surface area contributed by atoms with Crippen LogP contribution in [0.3, 0.4) is 0 Å². The van der Waals surface area contributed by atoms with Gasteiger partial charge in [-0.05, 0) is 41.5 Å². The lowest BCUT2D eigenvalue weighted by Crippen LogP contribution is -2.54. The molecule has 0 radical (unpaired) electrons. The topological polar surface area (TPSA) is 66.0 Å². The van der Waals surface area contributed by atoms with Crippen LogP contribution in [0.1, 0.15) is 41.5 Å². The number of rotatable bonds is 7. The van der Waals surface area contributed by atoms with Crippen molar-refractivity contribution >= 4 is 15.1 Å². The smallest absolute Gasteiger partial charge is 0.435 e. The Labute approximate surface area is 110 Å². The van der Waals surface area contributed by atoms with Crippen molar-refractivity contribution in [1.82, 2.24) is 5.32 Å². The summed E-state index contributed by atoms with van der Waals surface area (Å²) in [5, 5.41) is 2.68. The molecular formula is C11H25NO5Si. The van der Waals surface area contributed by atoms with E-state index in [1.807, 2.05) is 20.8 Å². The second-order valence-electron chi connectivity index (χ2n) is 4.56. The first-order valence-electron chi connectivity index (χ1n) is 6.21. The van der Waals surface area contributed by atoms with Crippen molar-refractivity contribution in [3.05, 3.63) is 0 Å². The molecule has 0 bridgehead atoms. The summed E-state index contributed by atoms with van der Waals surface area (Å²) in [7, 11) is -3.37. The maximum atomic E-state index is 11.8. The molecule has 0 saturated heterocycles. The van der Waals surface area contributed by atoms with Gasteiger partial charge in [0.25, 0.3) is 0 Å². The number of carbonyl (C=O) groups excluding carboxylic acids is 1. The van der Waals surface area contributed by atoms with E-state index in [4.69, 9.17) is 17.7 Å². The van der Waals surface area contributed by atoms with Crippen LogP contribution < -0.4 is 5.32 Å². The van der Waals surface area contributed by atoms with Crippen LogP contribution in [-0.2, 0) is 17.7 Å². The molecule has 1 amide bonds. The Balaban J connectivity index is 4.69. The zero-order valence-electron chi connectivity index (χ0n) is 12.2. The number of amides is 1. The van der Waals surface area contributed by atoms with Gasteiger partial charge >= 0.3 is 15.1 Å². The summed E-state index contributed by atoms with van der Waals surface area (Å²) in [5.41, 5.74) is -0.387. The molecule has 0 spiro atoms. The zero-order chi connectivity index (χ0) is 14.2. The Morgan fingerprint density at radius 1 is 1.00 bits per heavy atom. The monoisotopic (exact) mass is 279 g/mol. The third kappa shape index (κ3) is 6.95. The van der Waals surface area contributed by atoms with Gasteiger partial charge < -0.3 is 23.0 Å².